The molecule has 0 radical (unpaired) electrons. The van der Waals surface area contributed by atoms with Crippen molar-refractivity contribution < 1.29 is 4.39 Å². The van der Waals surface area contributed by atoms with Gasteiger partial charge in [-0.3, -0.25) is 4.99 Å². The second-order valence-electron chi connectivity index (χ2n) is 6.41. The molecule has 2 rings (SSSR count). The Morgan fingerprint density at radius 3 is 2.32 bits per heavy atom. The van der Waals surface area contributed by atoms with Crippen LogP contribution in [0.25, 0.3) is 11.3 Å². The summed E-state index contributed by atoms with van der Waals surface area (Å²) >= 11 is 0. The predicted octanol–water partition coefficient (Wildman–Crippen LogP) is 4.45. The van der Waals surface area contributed by atoms with E-state index < -0.39 is 0 Å². The Kier molecular flexibility index (Phi) is 7.11. The molecule has 5 heteroatoms. The molecular formula is C23H25FN4. The van der Waals surface area contributed by atoms with Crippen molar-refractivity contribution in [3.8, 4) is 6.07 Å². The Labute approximate surface area is 166 Å². The average molecular weight is 376 g/mol. The van der Waals surface area contributed by atoms with E-state index in [-0.39, 0.29) is 5.82 Å². The van der Waals surface area contributed by atoms with E-state index in [1.54, 1.807) is 31.3 Å². The van der Waals surface area contributed by atoms with E-state index in [4.69, 9.17) is 5.26 Å². The third-order valence-corrected chi connectivity index (χ3v) is 4.39. The molecule has 0 aromatic heterocycles. The highest BCUT2D eigenvalue weighted by atomic mass is 19.1. The van der Waals surface area contributed by atoms with Gasteiger partial charge in [0.2, 0.25) is 0 Å². The first-order valence-electron chi connectivity index (χ1n) is 9.02. The van der Waals surface area contributed by atoms with Crippen molar-refractivity contribution in [2.45, 2.75) is 13.3 Å². The maximum Gasteiger partial charge on any atom is 0.197 e. The number of nitriles is 1. The number of hydrogen-bond donors (Lipinski definition) is 1. The Bertz CT molecular complexity index is 948. The van der Waals surface area contributed by atoms with Gasteiger partial charge in [0.25, 0.3) is 0 Å². The van der Waals surface area contributed by atoms with Crippen LogP contribution >= 0.6 is 0 Å². The van der Waals surface area contributed by atoms with Gasteiger partial charge in [-0.05, 0) is 41.3 Å². The molecule has 28 heavy (non-hydrogen) atoms. The fourth-order valence-electron chi connectivity index (χ4n) is 2.85. The molecule has 0 fully saturated rings. The quantitative estimate of drug-likeness (QED) is 0.363. The Balaban J connectivity index is 2.69. The van der Waals surface area contributed by atoms with Gasteiger partial charge < -0.3 is 10.2 Å². The number of nitrogens with zero attached hydrogens (tertiary/aromatic N) is 3. The van der Waals surface area contributed by atoms with Gasteiger partial charge in [0.1, 0.15) is 5.82 Å². The number of guanidine groups is 1. The van der Waals surface area contributed by atoms with Gasteiger partial charge in [-0.2, -0.15) is 5.26 Å². The fourth-order valence-corrected chi connectivity index (χ4v) is 2.85. The minimum Gasteiger partial charge on any atom is -0.349 e. The van der Waals surface area contributed by atoms with E-state index in [1.807, 2.05) is 44.1 Å². The van der Waals surface area contributed by atoms with Crippen LogP contribution < -0.4 is 5.32 Å². The van der Waals surface area contributed by atoms with Crippen LogP contribution in [0.4, 0.5) is 4.39 Å². The van der Waals surface area contributed by atoms with E-state index in [0.29, 0.717) is 29.1 Å². The highest BCUT2D eigenvalue weighted by molar-refractivity contribution is 6.01. The van der Waals surface area contributed by atoms with E-state index in [2.05, 4.69) is 23.0 Å². The van der Waals surface area contributed by atoms with Gasteiger partial charge in [-0.1, -0.05) is 43.8 Å². The fraction of sp³-hybridized carbons (Fsp3) is 0.217. The lowest BCUT2D eigenvalue weighted by atomic mass is 9.97. The monoisotopic (exact) mass is 376 g/mol. The molecule has 2 aromatic rings. The predicted molar refractivity (Wildman–Crippen MR) is 114 cm³/mol. The molecule has 0 atom stereocenters. The summed E-state index contributed by atoms with van der Waals surface area (Å²) in [6.07, 6.45) is 2.33. The summed E-state index contributed by atoms with van der Waals surface area (Å²) in [5.74, 6) is 0.403. The summed E-state index contributed by atoms with van der Waals surface area (Å²) in [6.45, 7) is 5.87. The molecule has 0 amide bonds. The summed E-state index contributed by atoms with van der Waals surface area (Å²) in [4.78, 5) is 6.13. The maximum atomic E-state index is 14.4. The first kappa shape index (κ1) is 20.9. The van der Waals surface area contributed by atoms with E-state index >= 15 is 0 Å². The number of allylic oxidation sites excluding steroid dienone is 2. The lowest BCUT2D eigenvalue weighted by Gasteiger charge is -2.22. The zero-order valence-corrected chi connectivity index (χ0v) is 16.8. The topological polar surface area (TPSA) is 51.4 Å². The van der Waals surface area contributed by atoms with Crippen LogP contribution in [0, 0.1) is 17.1 Å². The van der Waals surface area contributed by atoms with Gasteiger partial charge in [-0.25, -0.2) is 4.39 Å². The molecule has 0 saturated carbocycles. The molecule has 0 aliphatic heterocycles. The second-order valence-corrected chi connectivity index (χ2v) is 6.41. The largest absolute Gasteiger partial charge is 0.349 e. The summed E-state index contributed by atoms with van der Waals surface area (Å²) in [6, 6.07) is 14.5. The highest BCUT2D eigenvalue weighted by Crippen LogP contribution is 2.27. The van der Waals surface area contributed by atoms with Gasteiger partial charge in [0, 0.05) is 26.7 Å². The molecule has 4 nitrogen and oxygen atoms in total. The van der Waals surface area contributed by atoms with Gasteiger partial charge in [0.05, 0.1) is 17.3 Å². The van der Waals surface area contributed by atoms with E-state index in [0.717, 1.165) is 16.8 Å². The van der Waals surface area contributed by atoms with Crippen LogP contribution in [0.5, 0.6) is 0 Å². The number of benzene rings is 2. The second kappa shape index (κ2) is 9.52. The van der Waals surface area contributed by atoms with Gasteiger partial charge in [0.15, 0.2) is 5.96 Å². The molecule has 0 spiro atoms. The number of nitrogens with one attached hydrogen (secondary N) is 1. The lowest BCUT2D eigenvalue weighted by molar-refractivity contribution is 0.602. The third kappa shape index (κ3) is 4.66. The summed E-state index contributed by atoms with van der Waals surface area (Å²) in [5.41, 5.74) is 4.28. The first-order chi connectivity index (χ1) is 13.4. The Morgan fingerprint density at radius 1 is 1.21 bits per heavy atom. The average Bonchev–Trinajstić information content (AvgIpc) is 2.71. The van der Waals surface area contributed by atoms with Crippen molar-refractivity contribution in [3.05, 3.63) is 83.2 Å². The van der Waals surface area contributed by atoms with Gasteiger partial charge in [-0.15, -0.1) is 0 Å². The minimum atomic E-state index is -0.240. The van der Waals surface area contributed by atoms with Crippen molar-refractivity contribution in [2.24, 2.45) is 4.99 Å². The van der Waals surface area contributed by atoms with Crippen molar-refractivity contribution in [2.75, 3.05) is 21.1 Å². The molecular weight excluding hydrogens is 351 g/mol. The maximum absolute atomic E-state index is 14.4. The van der Waals surface area contributed by atoms with Crippen LogP contribution in [0.3, 0.4) is 0 Å². The van der Waals surface area contributed by atoms with Crippen molar-refractivity contribution >= 4 is 17.2 Å². The van der Waals surface area contributed by atoms with Crippen molar-refractivity contribution in [1.82, 2.24) is 10.2 Å². The van der Waals surface area contributed by atoms with Crippen molar-refractivity contribution in [3.63, 3.8) is 0 Å². The number of rotatable bonds is 5. The van der Waals surface area contributed by atoms with Crippen LogP contribution in [-0.2, 0) is 6.42 Å². The highest BCUT2D eigenvalue weighted by Gasteiger charge is 2.14. The summed E-state index contributed by atoms with van der Waals surface area (Å²) in [5, 5.41) is 12.4. The molecule has 0 unspecified atom stereocenters. The molecule has 0 bridgehead atoms. The van der Waals surface area contributed by atoms with Crippen LogP contribution in [0.15, 0.2) is 60.1 Å². The van der Waals surface area contributed by atoms with Crippen LogP contribution in [0.2, 0.25) is 0 Å². The molecule has 2 aromatic carbocycles. The molecule has 0 aliphatic carbocycles. The van der Waals surface area contributed by atoms with E-state index in [9.17, 15) is 4.39 Å². The van der Waals surface area contributed by atoms with Crippen LogP contribution in [-0.4, -0.2) is 32.0 Å². The first-order valence-corrected chi connectivity index (χ1v) is 9.02. The number of aryl methyl sites for hydroxylation is 1. The minimum absolute atomic E-state index is 0.240. The summed E-state index contributed by atoms with van der Waals surface area (Å²) in [7, 11) is 5.46. The Hall–Kier alpha value is -3.39. The Morgan fingerprint density at radius 2 is 1.86 bits per heavy atom. The zero-order valence-electron chi connectivity index (χ0n) is 16.8. The number of aliphatic imine (C=N–C) groups is 1. The van der Waals surface area contributed by atoms with Gasteiger partial charge >= 0.3 is 0 Å². The molecule has 0 aliphatic rings. The third-order valence-electron chi connectivity index (χ3n) is 4.39. The zero-order chi connectivity index (χ0) is 20.7. The standard InChI is InChI=1S/C23H25FN4/c1-6-17-12-13-19(14-21(17)24)20(7-2)22(27-23(26-3)28(4)5)18-10-8-16(15-25)9-11-18/h7-14H,2,6H2,1,3-5H3,(H,26,27)/b22-20+. The molecule has 1 N–H and O–H groups in total. The molecule has 144 valence electrons. The van der Waals surface area contributed by atoms with Crippen molar-refractivity contribution in [1.29, 1.82) is 5.26 Å². The SMILES string of the molecule is C=C/C(=C(\NC(=NC)N(C)C)c1ccc(C#N)cc1)c1ccc(CC)c(F)c1. The number of hydrogen-bond acceptors (Lipinski definition) is 2. The van der Waals surface area contributed by atoms with E-state index in [1.165, 1.54) is 6.07 Å². The molecule has 0 heterocycles. The lowest BCUT2D eigenvalue weighted by Crippen LogP contribution is -2.35. The normalized spacial score (nSPS) is 12.1. The summed E-state index contributed by atoms with van der Waals surface area (Å²) < 4.78 is 14.4. The van der Waals surface area contributed by atoms with Crippen LogP contribution in [0.1, 0.15) is 29.2 Å². The molecule has 0 saturated heterocycles. The number of halogens is 1. The smallest absolute Gasteiger partial charge is 0.197 e.